The maximum atomic E-state index is 5.43. The second-order valence-electron chi connectivity index (χ2n) is 6.89. The molecule has 1 aromatic heterocycles. The molecule has 3 rings (SSSR count). The molecule has 25 heavy (non-hydrogen) atoms. The smallest absolute Gasteiger partial charge is 0.193 e. The number of nitrogens with one attached hydrogen (secondary N) is 1. The van der Waals surface area contributed by atoms with Crippen LogP contribution >= 0.6 is 24.0 Å². The van der Waals surface area contributed by atoms with Crippen molar-refractivity contribution in [2.75, 3.05) is 39.3 Å². The number of halogens is 1. The van der Waals surface area contributed by atoms with Crippen molar-refractivity contribution in [3.63, 3.8) is 0 Å². The summed E-state index contributed by atoms with van der Waals surface area (Å²) < 4.78 is 5.43. The topological polar surface area (TPSA) is 44.0 Å². The Morgan fingerprint density at radius 3 is 2.80 bits per heavy atom. The molecule has 3 heterocycles. The number of guanidine groups is 1. The number of hydrogen-bond acceptors (Lipinski definition) is 3. The third-order valence-electron chi connectivity index (χ3n) is 5.25. The number of aliphatic imine (C=N–C) groups is 1. The molecule has 6 heteroatoms. The van der Waals surface area contributed by atoms with E-state index in [-0.39, 0.29) is 24.0 Å². The normalized spacial score (nSPS) is 22.0. The second kappa shape index (κ2) is 11.1. The molecule has 2 fully saturated rings. The highest BCUT2D eigenvalue weighted by atomic mass is 127. The van der Waals surface area contributed by atoms with Gasteiger partial charge in [0.1, 0.15) is 5.76 Å². The first-order valence-electron chi connectivity index (χ1n) is 9.66. The monoisotopic (exact) mass is 460 g/mol. The Hall–Kier alpha value is -0.760. The van der Waals surface area contributed by atoms with Gasteiger partial charge in [-0.1, -0.05) is 6.92 Å². The average Bonchev–Trinajstić information content (AvgIpc) is 3.30. The van der Waals surface area contributed by atoms with Crippen molar-refractivity contribution >= 4 is 29.9 Å². The zero-order valence-electron chi connectivity index (χ0n) is 15.5. The third-order valence-corrected chi connectivity index (χ3v) is 5.25. The number of likely N-dealkylation sites (tertiary alicyclic amines) is 2. The number of rotatable bonds is 6. The lowest BCUT2D eigenvalue weighted by molar-refractivity contribution is 0.270. The number of furan rings is 1. The maximum absolute atomic E-state index is 5.43. The first kappa shape index (κ1) is 20.6. The minimum absolute atomic E-state index is 0. The fraction of sp³-hybridized carbons (Fsp3) is 0.737. The van der Waals surface area contributed by atoms with Gasteiger partial charge in [-0.25, -0.2) is 0 Å². The minimum atomic E-state index is 0. The van der Waals surface area contributed by atoms with Crippen molar-refractivity contribution < 1.29 is 4.42 Å². The molecule has 0 aromatic carbocycles. The number of nitrogens with zero attached hydrogens (tertiary/aromatic N) is 3. The summed E-state index contributed by atoms with van der Waals surface area (Å²) in [5, 5.41) is 3.58. The average molecular weight is 460 g/mol. The minimum Gasteiger partial charge on any atom is -0.469 e. The van der Waals surface area contributed by atoms with Gasteiger partial charge in [0, 0.05) is 32.1 Å². The van der Waals surface area contributed by atoms with Crippen LogP contribution in [0.15, 0.2) is 27.8 Å². The van der Waals surface area contributed by atoms with Crippen LogP contribution in [-0.4, -0.2) is 61.1 Å². The summed E-state index contributed by atoms with van der Waals surface area (Å²) in [6, 6.07) is 4.62. The lowest BCUT2D eigenvalue weighted by Gasteiger charge is -2.31. The molecule has 0 radical (unpaired) electrons. The van der Waals surface area contributed by atoms with Crippen molar-refractivity contribution in [2.24, 2.45) is 4.99 Å². The first-order chi connectivity index (χ1) is 11.9. The summed E-state index contributed by atoms with van der Waals surface area (Å²) in [7, 11) is 0. The lowest BCUT2D eigenvalue weighted by Crippen LogP contribution is -2.45. The van der Waals surface area contributed by atoms with Crippen LogP contribution in [0.3, 0.4) is 0 Å². The molecule has 2 saturated heterocycles. The molecule has 1 N–H and O–H groups in total. The zero-order chi connectivity index (χ0) is 16.6. The Bertz CT molecular complexity index is 500. The molecule has 0 spiro atoms. The van der Waals surface area contributed by atoms with Crippen molar-refractivity contribution in [3.8, 4) is 0 Å². The fourth-order valence-electron chi connectivity index (χ4n) is 3.84. The molecule has 1 unspecified atom stereocenters. The van der Waals surface area contributed by atoms with Crippen LogP contribution in [0.2, 0.25) is 0 Å². The van der Waals surface area contributed by atoms with Crippen LogP contribution in [0.5, 0.6) is 0 Å². The van der Waals surface area contributed by atoms with Crippen LogP contribution in [-0.2, 0) is 6.42 Å². The second-order valence-corrected chi connectivity index (χ2v) is 6.89. The van der Waals surface area contributed by atoms with Gasteiger partial charge in [-0.2, -0.15) is 0 Å². The van der Waals surface area contributed by atoms with Crippen LogP contribution < -0.4 is 5.32 Å². The Morgan fingerprint density at radius 1 is 1.24 bits per heavy atom. The van der Waals surface area contributed by atoms with Gasteiger partial charge in [-0.15, -0.1) is 24.0 Å². The highest BCUT2D eigenvalue weighted by molar-refractivity contribution is 14.0. The predicted octanol–water partition coefficient (Wildman–Crippen LogP) is 3.36. The van der Waals surface area contributed by atoms with E-state index < -0.39 is 0 Å². The Morgan fingerprint density at radius 2 is 2.08 bits per heavy atom. The zero-order valence-corrected chi connectivity index (χ0v) is 17.8. The van der Waals surface area contributed by atoms with Gasteiger partial charge in [0.15, 0.2) is 5.96 Å². The van der Waals surface area contributed by atoms with Crippen molar-refractivity contribution in [3.05, 3.63) is 24.2 Å². The third kappa shape index (κ3) is 6.16. The summed E-state index contributed by atoms with van der Waals surface area (Å²) in [5.74, 6) is 2.14. The van der Waals surface area contributed by atoms with E-state index in [9.17, 15) is 0 Å². The molecular formula is C19H33IN4O. The highest BCUT2D eigenvalue weighted by Crippen LogP contribution is 2.17. The molecule has 0 aliphatic carbocycles. The molecule has 2 aliphatic rings. The number of likely N-dealkylation sites (N-methyl/N-ethyl adjacent to an activating group) is 1. The summed E-state index contributed by atoms with van der Waals surface area (Å²) in [6.07, 6.45) is 9.17. The molecular weight excluding hydrogens is 427 g/mol. The molecule has 2 aliphatic heterocycles. The van der Waals surface area contributed by atoms with E-state index in [1.54, 1.807) is 6.26 Å². The quantitative estimate of drug-likeness (QED) is 0.402. The van der Waals surface area contributed by atoms with E-state index in [1.165, 1.54) is 38.6 Å². The largest absolute Gasteiger partial charge is 0.469 e. The van der Waals surface area contributed by atoms with Crippen LogP contribution in [0, 0.1) is 0 Å². The number of hydrogen-bond donors (Lipinski definition) is 1. The molecule has 0 amide bonds. The molecule has 1 atom stereocenters. The van der Waals surface area contributed by atoms with Crippen molar-refractivity contribution in [1.82, 2.24) is 15.1 Å². The SMILES string of the molecule is CCN1CCCC1CN=C(NCCc1ccco1)N1CCCCC1.I. The van der Waals surface area contributed by atoms with Gasteiger partial charge in [-0.3, -0.25) is 9.89 Å². The van der Waals surface area contributed by atoms with Crippen molar-refractivity contribution in [2.45, 2.75) is 51.5 Å². The molecule has 5 nitrogen and oxygen atoms in total. The Labute approximate surface area is 169 Å². The fourth-order valence-corrected chi connectivity index (χ4v) is 3.84. The number of piperidine rings is 1. The van der Waals surface area contributed by atoms with Gasteiger partial charge in [0.05, 0.1) is 12.8 Å². The van der Waals surface area contributed by atoms with E-state index in [1.807, 2.05) is 12.1 Å². The molecule has 142 valence electrons. The first-order valence-corrected chi connectivity index (χ1v) is 9.66. The van der Waals surface area contributed by atoms with E-state index in [4.69, 9.17) is 9.41 Å². The van der Waals surface area contributed by atoms with Gasteiger partial charge in [-0.05, 0) is 57.3 Å². The molecule has 0 bridgehead atoms. The Kier molecular flexibility index (Phi) is 9.09. The molecule has 1 aromatic rings. The highest BCUT2D eigenvalue weighted by Gasteiger charge is 2.23. The van der Waals surface area contributed by atoms with Crippen molar-refractivity contribution in [1.29, 1.82) is 0 Å². The van der Waals surface area contributed by atoms with Gasteiger partial charge < -0.3 is 14.6 Å². The van der Waals surface area contributed by atoms with E-state index >= 15 is 0 Å². The van der Waals surface area contributed by atoms with Gasteiger partial charge in [0.25, 0.3) is 0 Å². The van der Waals surface area contributed by atoms with Crippen LogP contribution in [0.25, 0.3) is 0 Å². The van der Waals surface area contributed by atoms with E-state index in [0.29, 0.717) is 6.04 Å². The Balaban J connectivity index is 0.00000225. The maximum Gasteiger partial charge on any atom is 0.193 e. The lowest BCUT2D eigenvalue weighted by atomic mass is 10.1. The summed E-state index contributed by atoms with van der Waals surface area (Å²) in [5.41, 5.74) is 0. The van der Waals surface area contributed by atoms with Crippen LogP contribution in [0.1, 0.15) is 44.8 Å². The standard InChI is InChI=1S/C19H32N4O.HI/c1-2-22-14-6-8-17(22)16-21-19(23-12-4-3-5-13-23)20-11-10-18-9-7-15-24-18;/h7,9,15,17H,2-6,8,10-14,16H2,1H3,(H,20,21);1H. The van der Waals surface area contributed by atoms with E-state index in [0.717, 1.165) is 50.9 Å². The summed E-state index contributed by atoms with van der Waals surface area (Å²) in [4.78, 5) is 10.0. The van der Waals surface area contributed by atoms with Gasteiger partial charge >= 0.3 is 0 Å². The predicted molar refractivity (Wildman–Crippen MR) is 114 cm³/mol. The summed E-state index contributed by atoms with van der Waals surface area (Å²) in [6.45, 7) is 8.71. The molecule has 0 saturated carbocycles. The van der Waals surface area contributed by atoms with Gasteiger partial charge in [0.2, 0.25) is 0 Å². The summed E-state index contributed by atoms with van der Waals surface area (Å²) >= 11 is 0. The van der Waals surface area contributed by atoms with E-state index in [2.05, 4.69) is 22.0 Å². The van der Waals surface area contributed by atoms with Crippen LogP contribution in [0.4, 0.5) is 0 Å².